The second-order valence-electron chi connectivity index (χ2n) is 9.34. The number of amides is 1. The van der Waals surface area contributed by atoms with E-state index in [1.807, 2.05) is 0 Å². The van der Waals surface area contributed by atoms with Gasteiger partial charge in [0, 0.05) is 6.07 Å². The van der Waals surface area contributed by atoms with E-state index < -0.39 is 39.2 Å². The van der Waals surface area contributed by atoms with Gasteiger partial charge in [-0.05, 0) is 47.4 Å². The first-order chi connectivity index (χ1) is 19.2. The lowest BCUT2D eigenvalue weighted by molar-refractivity contribution is -0.137. The topological polar surface area (TPSA) is 149 Å². The van der Waals surface area contributed by atoms with E-state index in [9.17, 15) is 23.1 Å². The summed E-state index contributed by atoms with van der Waals surface area (Å²) in [6.45, 7) is 0.0517. The molecule has 2 heterocycles. The number of benzene rings is 3. The van der Waals surface area contributed by atoms with E-state index >= 15 is 0 Å². The molecule has 0 saturated carbocycles. The van der Waals surface area contributed by atoms with E-state index in [2.05, 4.69) is 10.6 Å². The highest BCUT2D eigenvalue weighted by molar-refractivity contribution is 7.91. The Balaban J connectivity index is 1.45. The molecule has 12 heteroatoms. The van der Waals surface area contributed by atoms with Gasteiger partial charge in [-0.15, -0.1) is 0 Å². The highest BCUT2D eigenvalue weighted by Crippen LogP contribution is 2.38. The number of fused-ring (bicyclic) bond motifs is 2. The molecule has 0 fully saturated rings. The zero-order valence-electron chi connectivity index (χ0n) is 21.7. The van der Waals surface area contributed by atoms with Crippen molar-refractivity contribution in [3.05, 3.63) is 77.4 Å². The Morgan fingerprint density at radius 3 is 2.52 bits per heavy atom. The van der Waals surface area contributed by atoms with E-state index in [0.717, 1.165) is 0 Å². The quantitative estimate of drug-likeness (QED) is 0.352. The number of rotatable bonds is 9. The van der Waals surface area contributed by atoms with Crippen LogP contribution >= 0.6 is 0 Å². The predicted molar refractivity (Wildman–Crippen MR) is 142 cm³/mol. The third-order valence-electron chi connectivity index (χ3n) is 6.92. The van der Waals surface area contributed by atoms with Gasteiger partial charge in [-0.3, -0.25) is 14.9 Å². The van der Waals surface area contributed by atoms with Crippen molar-refractivity contribution in [3.8, 4) is 23.0 Å². The average molecular weight is 569 g/mol. The molecule has 3 N–H and O–H groups in total. The van der Waals surface area contributed by atoms with Gasteiger partial charge in [-0.1, -0.05) is 30.3 Å². The number of methoxy groups -OCH3 is 2. The molecule has 5 rings (SSSR count). The van der Waals surface area contributed by atoms with Crippen molar-refractivity contribution in [2.24, 2.45) is 0 Å². The van der Waals surface area contributed by atoms with Crippen LogP contribution in [-0.4, -0.2) is 52.5 Å². The smallest absolute Gasteiger partial charge is 0.305 e. The number of carboxylic acid groups (broad SMARTS) is 1. The normalized spacial score (nSPS) is 18.4. The first-order valence-corrected chi connectivity index (χ1v) is 14.0. The molecule has 0 radical (unpaired) electrons. The zero-order chi connectivity index (χ0) is 28.4. The maximum atomic E-state index is 13.9. The van der Waals surface area contributed by atoms with Crippen LogP contribution in [0.25, 0.3) is 0 Å². The summed E-state index contributed by atoms with van der Waals surface area (Å²) in [5.74, 6) is -0.0403. The Labute approximate surface area is 230 Å². The third-order valence-corrected chi connectivity index (χ3v) is 8.84. The Morgan fingerprint density at radius 1 is 1.02 bits per heavy atom. The van der Waals surface area contributed by atoms with Gasteiger partial charge in [0.15, 0.2) is 32.8 Å². The molecule has 210 valence electrons. The van der Waals surface area contributed by atoms with Crippen LogP contribution < -0.4 is 29.6 Å². The van der Waals surface area contributed by atoms with Crippen molar-refractivity contribution in [1.82, 2.24) is 10.6 Å². The van der Waals surface area contributed by atoms with Gasteiger partial charge in [0.25, 0.3) is 0 Å². The van der Waals surface area contributed by atoms with Gasteiger partial charge in [0.1, 0.15) is 5.37 Å². The molecule has 1 amide bonds. The number of nitrogens with one attached hydrogen (secondary N) is 2. The molecule has 0 spiro atoms. The number of carboxylic acids is 1. The number of carbonyl (C=O) groups excluding carboxylic acids is 1. The lowest BCUT2D eigenvalue weighted by Gasteiger charge is -2.33. The average Bonchev–Trinajstić information content (AvgIpc) is 3.43. The van der Waals surface area contributed by atoms with Gasteiger partial charge in [-0.2, -0.15) is 0 Å². The molecule has 0 bridgehead atoms. The van der Waals surface area contributed by atoms with Gasteiger partial charge in [0.05, 0.1) is 37.6 Å². The SMILES string of the molecule is COc1ccc(S(=O)(=O)C2N[C@H](C(=O)N[C@@H](CC(=O)O)c3ccc4c(c3)OCO4)Cc3ccccc32)cc1OC. The predicted octanol–water partition coefficient (Wildman–Crippen LogP) is 2.75. The van der Waals surface area contributed by atoms with Crippen LogP contribution in [0.1, 0.15) is 34.5 Å². The minimum Gasteiger partial charge on any atom is -0.493 e. The summed E-state index contributed by atoms with van der Waals surface area (Å²) in [6, 6.07) is 14.4. The minimum atomic E-state index is -4.06. The van der Waals surface area contributed by atoms with Crippen molar-refractivity contribution in [3.63, 3.8) is 0 Å². The van der Waals surface area contributed by atoms with Crippen molar-refractivity contribution in [2.45, 2.75) is 35.2 Å². The highest BCUT2D eigenvalue weighted by Gasteiger charge is 2.39. The highest BCUT2D eigenvalue weighted by atomic mass is 32.2. The minimum absolute atomic E-state index is 0.0115. The lowest BCUT2D eigenvalue weighted by atomic mass is 9.94. The number of ether oxygens (including phenoxy) is 4. The molecule has 2 aliphatic rings. The molecule has 2 aliphatic heterocycles. The fourth-order valence-electron chi connectivity index (χ4n) is 4.91. The zero-order valence-corrected chi connectivity index (χ0v) is 22.6. The van der Waals surface area contributed by atoms with Crippen molar-refractivity contribution in [1.29, 1.82) is 0 Å². The Bertz CT molecular complexity index is 1560. The fourth-order valence-corrected chi connectivity index (χ4v) is 6.62. The largest absolute Gasteiger partial charge is 0.493 e. The van der Waals surface area contributed by atoms with Crippen LogP contribution in [0.5, 0.6) is 23.0 Å². The standard InChI is InChI=1S/C28H28N2O9S/c1-36-22-10-8-18(13-24(22)37-2)40(34,35)28-19-6-4-3-5-16(19)11-21(30-28)27(33)29-20(14-26(31)32)17-7-9-23-25(12-17)39-15-38-23/h3-10,12-13,20-21,28,30H,11,14-15H2,1-2H3,(H,29,33)(H,31,32)/t20-,21-,28?/m0/s1. The number of hydrogen-bond acceptors (Lipinski definition) is 9. The van der Waals surface area contributed by atoms with Gasteiger partial charge >= 0.3 is 5.97 Å². The Kier molecular flexibility index (Phi) is 7.55. The summed E-state index contributed by atoms with van der Waals surface area (Å²) >= 11 is 0. The molecule has 3 aromatic carbocycles. The monoisotopic (exact) mass is 568 g/mol. The first-order valence-electron chi connectivity index (χ1n) is 12.4. The molecule has 0 aliphatic carbocycles. The van der Waals surface area contributed by atoms with E-state index in [-0.39, 0.29) is 30.3 Å². The van der Waals surface area contributed by atoms with E-state index in [0.29, 0.717) is 33.9 Å². The van der Waals surface area contributed by atoms with Crippen LogP contribution in [0.15, 0.2) is 65.6 Å². The lowest BCUT2D eigenvalue weighted by Crippen LogP contribution is -2.52. The van der Waals surface area contributed by atoms with Crippen LogP contribution in [0.4, 0.5) is 0 Å². The number of sulfone groups is 1. The summed E-state index contributed by atoms with van der Waals surface area (Å²) in [5, 5.41) is 14.1. The molecule has 1 unspecified atom stereocenters. The Hall–Kier alpha value is -4.29. The summed E-state index contributed by atoms with van der Waals surface area (Å²) in [6.07, 6.45) is -0.178. The summed E-state index contributed by atoms with van der Waals surface area (Å²) in [7, 11) is -1.19. The molecule has 3 atom stereocenters. The maximum absolute atomic E-state index is 13.9. The molecule has 0 aromatic heterocycles. The number of aliphatic carboxylic acids is 1. The van der Waals surface area contributed by atoms with E-state index in [1.165, 1.54) is 32.4 Å². The summed E-state index contributed by atoms with van der Waals surface area (Å²) < 4.78 is 49.0. The second-order valence-corrected chi connectivity index (χ2v) is 11.4. The van der Waals surface area contributed by atoms with Crippen molar-refractivity contribution in [2.75, 3.05) is 21.0 Å². The molecule has 40 heavy (non-hydrogen) atoms. The molecule has 3 aromatic rings. The Morgan fingerprint density at radius 2 is 1.77 bits per heavy atom. The third kappa shape index (κ3) is 5.27. The van der Waals surface area contributed by atoms with Crippen molar-refractivity contribution >= 4 is 21.7 Å². The maximum Gasteiger partial charge on any atom is 0.305 e. The van der Waals surface area contributed by atoms with E-state index in [1.54, 1.807) is 42.5 Å². The molecule has 11 nitrogen and oxygen atoms in total. The van der Waals surface area contributed by atoms with Crippen LogP contribution in [0.2, 0.25) is 0 Å². The summed E-state index contributed by atoms with van der Waals surface area (Å²) in [5.41, 5.74) is 1.73. The van der Waals surface area contributed by atoms with Gasteiger partial charge in [0.2, 0.25) is 12.7 Å². The second kappa shape index (κ2) is 11.1. The van der Waals surface area contributed by atoms with Crippen LogP contribution in [0.3, 0.4) is 0 Å². The van der Waals surface area contributed by atoms with Crippen LogP contribution in [0, 0.1) is 0 Å². The molecular weight excluding hydrogens is 540 g/mol. The van der Waals surface area contributed by atoms with Crippen LogP contribution in [-0.2, 0) is 25.8 Å². The molecular formula is C28H28N2O9S. The van der Waals surface area contributed by atoms with E-state index in [4.69, 9.17) is 18.9 Å². The number of carbonyl (C=O) groups is 2. The molecule has 0 saturated heterocycles. The van der Waals surface area contributed by atoms with Crippen molar-refractivity contribution < 1.29 is 42.1 Å². The summed E-state index contributed by atoms with van der Waals surface area (Å²) in [4.78, 5) is 25.2. The van der Waals surface area contributed by atoms with Gasteiger partial charge < -0.3 is 29.4 Å². The first kappa shape index (κ1) is 27.3. The van der Waals surface area contributed by atoms with Gasteiger partial charge in [-0.25, -0.2) is 8.42 Å². The fraction of sp³-hybridized carbons (Fsp3) is 0.286. The number of hydrogen-bond donors (Lipinski definition) is 3.